The number of halogens is 1. The Bertz CT molecular complexity index is 1080. The van der Waals surface area contributed by atoms with Crippen LogP contribution in [-0.2, 0) is 12.8 Å². The van der Waals surface area contributed by atoms with E-state index in [1.807, 2.05) is 25.1 Å². The first-order chi connectivity index (χ1) is 14.5. The van der Waals surface area contributed by atoms with E-state index >= 15 is 0 Å². The molecule has 0 saturated carbocycles. The maximum Gasteiger partial charge on any atom is 0.272 e. The number of benzene rings is 2. The topological polar surface area (TPSA) is 65.4 Å². The summed E-state index contributed by atoms with van der Waals surface area (Å²) < 4.78 is 25.8. The highest BCUT2D eigenvalue weighted by atomic mass is 19.1. The van der Waals surface area contributed by atoms with Gasteiger partial charge < -0.3 is 14.8 Å². The van der Waals surface area contributed by atoms with E-state index in [0.29, 0.717) is 17.2 Å². The van der Waals surface area contributed by atoms with Gasteiger partial charge in [-0.1, -0.05) is 0 Å². The molecule has 3 aromatic rings. The maximum atomic E-state index is 13.3. The number of carbonyl (C=O) groups excluding carboxylic acids is 1. The Morgan fingerprint density at radius 2 is 1.90 bits per heavy atom. The molecular formula is C23H24FN3O3. The molecular weight excluding hydrogens is 385 g/mol. The average molecular weight is 409 g/mol. The molecule has 0 spiro atoms. The summed E-state index contributed by atoms with van der Waals surface area (Å²) in [6, 6.07) is 11.3. The van der Waals surface area contributed by atoms with Gasteiger partial charge in [0.05, 0.1) is 25.9 Å². The van der Waals surface area contributed by atoms with E-state index in [2.05, 4.69) is 10.4 Å². The van der Waals surface area contributed by atoms with Crippen molar-refractivity contribution < 1.29 is 18.7 Å². The van der Waals surface area contributed by atoms with Gasteiger partial charge in [-0.3, -0.25) is 4.79 Å². The van der Waals surface area contributed by atoms with Crippen LogP contribution in [0.4, 0.5) is 4.39 Å². The largest absolute Gasteiger partial charge is 0.497 e. The molecule has 0 aliphatic heterocycles. The maximum absolute atomic E-state index is 13.3. The Morgan fingerprint density at radius 1 is 1.13 bits per heavy atom. The van der Waals surface area contributed by atoms with Crippen LogP contribution in [0, 0.1) is 5.82 Å². The van der Waals surface area contributed by atoms with Crippen LogP contribution >= 0.6 is 0 Å². The molecule has 6 nitrogen and oxygen atoms in total. The summed E-state index contributed by atoms with van der Waals surface area (Å²) in [6.45, 7) is 1.90. The number of rotatable bonds is 6. The van der Waals surface area contributed by atoms with Crippen LogP contribution < -0.4 is 14.8 Å². The van der Waals surface area contributed by atoms with Crippen molar-refractivity contribution in [3.05, 3.63) is 70.8 Å². The van der Waals surface area contributed by atoms with Gasteiger partial charge in [-0.15, -0.1) is 0 Å². The van der Waals surface area contributed by atoms with E-state index in [1.54, 1.807) is 31.0 Å². The SMILES string of the molecule is COc1ccc(OC)c(C(C)NC(=O)c2nn(-c3ccc(F)cc3)c3c2CCC3)c1. The summed E-state index contributed by atoms with van der Waals surface area (Å²) in [4.78, 5) is 13.1. The average Bonchev–Trinajstić information content (AvgIpc) is 3.36. The number of fused-ring (bicyclic) bond motifs is 1. The van der Waals surface area contributed by atoms with Gasteiger partial charge in [0.15, 0.2) is 5.69 Å². The Morgan fingerprint density at radius 3 is 2.60 bits per heavy atom. The van der Waals surface area contributed by atoms with Crippen LogP contribution in [0.1, 0.15) is 46.7 Å². The summed E-state index contributed by atoms with van der Waals surface area (Å²) in [6.07, 6.45) is 2.61. The van der Waals surface area contributed by atoms with E-state index < -0.39 is 0 Å². The quantitative estimate of drug-likeness (QED) is 0.668. The summed E-state index contributed by atoms with van der Waals surface area (Å²) in [5.74, 6) is 0.812. The third-order valence-electron chi connectivity index (χ3n) is 5.47. The van der Waals surface area contributed by atoms with E-state index in [4.69, 9.17) is 9.47 Å². The van der Waals surface area contributed by atoms with Gasteiger partial charge in [-0.25, -0.2) is 9.07 Å². The number of ether oxygens (including phenoxy) is 2. The van der Waals surface area contributed by atoms with Crippen LogP contribution in [0.25, 0.3) is 5.69 Å². The third-order valence-corrected chi connectivity index (χ3v) is 5.47. The van der Waals surface area contributed by atoms with Crippen molar-refractivity contribution in [1.29, 1.82) is 0 Å². The first kappa shape index (κ1) is 19.9. The van der Waals surface area contributed by atoms with Crippen molar-refractivity contribution in [3.8, 4) is 17.2 Å². The first-order valence-corrected chi connectivity index (χ1v) is 9.91. The monoisotopic (exact) mass is 409 g/mol. The Balaban J connectivity index is 1.63. The van der Waals surface area contributed by atoms with Gasteiger partial charge in [0.2, 0.25) is 0 Å². The van der Waals surface area contributed by atoms with E-state index in [1.165, 1.54) is 12.1 Å². The molecule has 1 N–H and O–H groups in total. The predicted molar refractivity (Wildman–Crippen MR) is 111 cm³/mol. The van der Waals surface area contributed by atoms with Crippen molar-refractivity contribution in [1.82, 2.24) is 15.1 Å². The van der Waals surface area contributed by atoms with E-state index in [-0.39, 0.29) is 17.8 Å². The number of amides is 1. The fourth-order valence-corrected chi connectivity index (χ4v) is 3.94. The first-order valence-electron chi connectivity index (χ1n) is 9.91. The molecule has 1 aliphatic rings. The summed E-state index contributed by atoms with van der Waals surface area (Å²) in [5.41, 5.74) is 3.96. The van der Waals surface area contributed by atoms with Gasteiger partial charge in [0, 0.05) is 16.8 Å². The molecule has 1 unspecified atom stereocenters. The van der Waals surface area contributed by atoms with Crippen molar-refractivity contribution in [3.63, 3.8) is 0 Å². The van der Waals surface area contributed by atoms with Crippen LogP contribution in [0.2, 0.25) is 0 Å². The van der Waals surface area contributed by atoms with Crippen molar-refractivity contribution in [2.45, 2.75) is 32.2 Å². The second-order valence-corrected chi connectivity index (χ2v) is 7.32. The molecule has 30 heavy (non-hydrogen) atoms. The lowest BCUT2D eigenvalue weighted by Crippen LogP contribution is -2.28. The van der Waals surface area contributed by atoms with Gasteiger partial charge in [0.1, 0.15) is 17.3 Å². The number of carbonyl (C=O) groups is 1. The third kappa shape index (κ3) is 3.63. The molecule has 0 bridgehead atoms. The van der Waals surface area contributed by atoms with Gasteiger partial charge in [-0.2, -0.15) is 5.10 Å². The standard InChI is InChI=1S/C23H24FN3O3/c1-14(19-13-17(29-2)11-12-21(19)30-3)25-23(28)22-18-5-4-6-20(18)27(26-22)16-9-7-15(24)8-10-16/h7-14H,4-6H2,1-3H3,(H,25,28). The van der Waals surface area contributed by atoms with Crippen LogP contribution in [0.3, 0.4) is 0 Å². The highest BCUT2D eigenvalue weighted by molar-refractivity contribution is 5.94. The number of aromatic nitrogens is 2. The smallest absolute Gasteiger partial charge is 0.272 e. The fourth-order valence-electron chi connectivity index (χ4n) is 3.94. The molecule has 1 heterocycles. The minimum atomic E-state index is -0.310. The Hall–Kier alpha value is -3.35. The summed E-state index contributed by atoms with van der Waals surface area (Å²) in [7, 11) is 3.19. The normalized spacial score (nSPS) is 13.6. The zero-order valence-electron chi connectivity index (χ0n) is 17.2. The second-order valence-electron chi connectivity index (χ2n) is 7.32. The molecule has 0 radical (unpaired) electrons. The van der Waals surface area contributed by atoms with Crippen LogP contribution in [-0.4, -0.2) is 29.9 Å². The minimum Gasteiger partial charge on any atom is -0.497 e. The number of hydrogen-bond acceptors (Lipinski definition) is 4. The zero-order valence-corrected chi connectivity index (χ0v) is 17.2. The molecule has 4 rings (SSSR count). The lowest BCUT2D eigenvalue weighted by atomic mass is 10.1. The van der Waals surface area contributed by atoms with E-state index in [0.717, 1.165) is 41.8 Å². The lowest BCUT2D eigenvalue weighted by molar-refractivity contribution is 0.0933. The van der Waals surface area contributed by atoms with Crippen LogP contribution in [0.5, 0.6) is 11.5 Å². The molecule has 1 aromatic heterocycles. The van der Waals surface area contributed by atoms with Crippen LogP contribution in [0.15, 0.2) is 42.5 Å². The van der Waals surface area contributed by atoms with Crippen molar-refractivity contribution in [2.24, 2.45) is 0 Å². The number of methoxy groups -OCH3 is 2. The zero-order chi connectivity index (χ0) is 21.3. The predicted octanol–water partition coefficient (Wildman–Crippen LogP) is 4.01. The number of hydrogen-bond donors (Lipinski definition) is 1. The molecule has 1 atom stereocenters. The van der Waals surface area contributed by atoms with Gasteiger partial charge in [0.25, 0.3) is 5.91 Å². The number of nitrogens with zero attached hydrogens (tertiary/aromatic N) is 2. The summed E-state index contributed by atoms with van der Waals surface area (Å²) in [5, 5.41) is 7.61. The second kappa shape index (κ2) is 8.18. The highest BCUT2D eigenvalue weighted by Gasteiger charge is 2.28. The molecule has 1 amide bonds. The van der Waals surface area contributed by atoms with Crippen molar-refractivity contribution in [2.75, 3.05) is 14.2 Å². The molecule has 1 aliphatic carbocycles. The molecule has 156 valence electrons. The Labute approximate surface area is 174 Å². The number of nitrogens with one attached hydrogen (secondary N) is 1. The fraction of sp³-hybridized carbons (Fsp3) is 0.304. The Kier molecular flexibility index (Phi) is 5.44. The minimum absolute atomic E-state index is 0.244. The molecule has 2 aromatic carbocycles. The molecule has 0 fully saturated rings. The molecule has 0 saturated heterocycles. The summed E-state index contributed by atoms with van der Waals surface area (Å²) >= 11 is 0. The van der Waals surface area contributed by atoms with Crippen molar-refractivity contribution >= 4 is 5.91 Å². The highest BCUT2D eigenvalue weighted by Crippen LogP contribution is 2.31. The van der Waals surface area contributed by atoms with Gasteiger partial charge in [-0.05, 0) is 68.7 Å². The molecule has 7 heteroatoms. The lowest BCUT2D eigenvalue weighted by Gasteiger charge is -2.18. The van der Waals surface area contributed by atoms with E-state index in [9.17, 15) is 9.18 Å². The van der Waals surface area contributed by atoms with Gasteiger partial charge >= 0.3 is 0 Å².